The summed E-state index contributed by atoms with van der Waals surface area (Å²) < 4.78 is 0. The first-order valence-corrected chi connectivity index (χ1v) is 8.82. The zero-order chi connectivity index (χ0) is 15.8. The Hall–Kier alpha value is -1.02. The Morgan fingerprint density at radius 3 is 2.59 bits per heavy atom. The highest BCUT2D eigenvalue weighted by atomic mass is 16.3. The number of aliphatic hydroxyl groups excluding tert-OH is 1. The van der Waals surface area contributed by atoms with E-state index in [1.54, 1.807) is 0 Å². The second-order valence-electron chi connectivity index (χ2n) is 8.74. The number of hydrogen-bond acceptors (Lipinski definition) is 2. The molecule has 0 aliphatic heterocycles. The molecule has 0 spiro atoms. The van der Waals surface area contributed by atoms with E-state index in [1.165, 1.54) is 17.5 Å². The van der Waals surface area contributed by atoms with Crippen molar-refractivity contribution in [3.05, 3.63) is 29.3 Å². The van der Waals surface area contributed by atoms with Crippen molar-refractivity contribution in [2.75, 3.05) is 0 Å². The van der Waals surface area contributed by atoms with Gasteiger partial charge in [-0.3, -0.25) is 0 Å². The largest absolute Gasteiger partial charge is 0.508 e. The molecule has 1 aromatic carbocycles. The van der Waals surface area contributed by atoms with Gasteiger partial charge in [0.05, 0.1) is 6.10 Å². The minimum Gasteiger partial charge on any atom is -0.508 e. The highest BCUT2D eigenvalue weighted by molar-refractivity contribution is 5.44. The van der Waals surface area contributed by atoms with Gasteiger partial charge >= 0.3 is 0 Å². The quantitative estimate of drug-likeness (QED) is 0.755. The number of phenolic OH excluding ortho intramolecular Hbond substituents is 1. The molecule has 1 aromatic rings. The highest BCUT2D eigenvalue weighted by Crippen LogP contribution is 2.69. The number of aryl methyl sites for hydroxylation is 1. The van der Waals surface area contributed by atoms with E-state index < -0.39 is 0 Å². The Morgan fingerprint density at radius 2 is 1.82 bits per heavy atom. The van der Waals surface area contributed by atoms with Crippen LogP contribution < -0.4 is 0 Å². The molecule has 0 radical (unpaired) electrons. The second kappa shape index (κ2) is 4.29. The maximum Gasteiger partial charge on any atom is 0.115 e. The number of aliphatic hydroxyl groups is 1. The summed E-state index contributed by atoms with van der Waals surface area (Å²) in [6.45, 7) is 7.24. The molecule has 0 amide bonds. The first-order valence-electron chi connectivity index (χ1n) is 8.82. The van der Waals surface area contributed by atoms with E-state index in [4.69, 9.17) is 0 Å². The standard InChI is InChI=1S/C20H28O2/c1-18-10-11-19(2)15-5-4-14(21)12-13(15)8-9-20(19,3)16(18)6-7-17(18)22/h4-5,12,16-17,21-22H,6-11H2,1-3H3. The van der Waals surface area contributed by atoms with Gasteiger partial charge in [-0.05, 0) is 83.9 Å². The Balaban J connectivity index is 1.85. The predicted molar refractivity (Wildman–Crippen MR) is 88.0 cm³/mol. The Bertz CT molecular complexity index is 624. The number of rotatable bonds is 0. The van der Waals surface area contributed by atoms with E-state index in [1.807, 2.05) is 12.1 Å². The molecule has 0 bridgehead atoms. The van der Waals surface area contributed by atoms with Gasteiger partial charge in [0.25, 0.3) is 0 Å². The van der Waals surface area contributed by atoms with Crippen molar-refractivity contribution >= 4 is 0 Å². The van der Waals surface area contributed by atoms with Crippen molar-refractivity contribution in [3.63, 3.8) is 0 Å². The van der Waals surface area contributed by atoms with Crippen molar-refractivity contribution in [1.29, 1.82) is 0 Å². The van der Waals surface area contributed by atoms with E-state index in [9.17, 15) is 10.2 Å². The zero-order valence-electron chi connectivity index (χ0n) is 14.0. The lowest BCUT2D eigenvalue weighted by molar-refractivity contribution is -0.0991. The topological polar surface area (TPSA) is 40.5 Å². The molecule has 3 aliphatic rings. The van der Waals surface area contributed by atoms with Gasteiger partial charge in [0, 0.05) is 0 Å². The summed E-state index contributed by atoms with van der Waals surface area (Å²) in [5.74, 6) is 0.999. The molecule has 3 aliphatic carbocycles. The van der Waals surface area contributed by atoms with E-state index in [2.05, 4.69) is 26.8 Å². The molecule has 2 heteroatoms. The fourth-order valence-electron chi connectivity index (χ4n) is 6.40. The van der Waals surface area contributed by atoms with Crippen LogP contribution in [0.4, 0.5) is 0 Å². The lowest BCUT2D eigenvalue weighted by atomic mass is 9.42. The molecule has 5 unspecified atom stereocenters. The number of aromatic hydroxyl groups is 1. The average molecular weight is 300 g/mol. The summed E-state index contributed by atoms with van der Waals surface area (Å²) in [6, 6.07) is 5.99. The molecule has 5 atom stereocenters. The fourth-order valence-corrected chi connectivity index (χ4v) is 6.40. The van der Waals surface area contributed by atoms with Crippen LogP contribution in [-0.2, 0) is 11.8 Å². The second-order valence-corrected chi connectivity index (χ2v) is 8.74. The first-order chi connectivity index (χ1) is 10.3. The summed E-state index contributed by atoms with van der Waals surface area (Å²) in [7, 11) is 0. The minimum absolute atomic E-state index is 0.0999. The molecule has 22 heavy (non-hydrogen) atoms. The predicted octanol–water partition coefficient (Wildman–Crippen LogP) is 4.17. The van der Waals surface area contributed by atoms with Crippen LogP contribution in [0.15, 0.2) is 18.2 Å². The lowest BCUT2D eigenvalue weighted by Gasteiger charge is -2.62. The van der Waals surface area contributed by atoms with Gasteiger partial charge in [0.1, 0.15) is 5.75 Å². The number of hydrogen-bond donors (Lipinski definition) is 2. The summed E-state index contributed by atoms with van der Waals surface area (Å²) >= 11 is 0. The van der Waals surface area contributed by atoms with Gasteiger partial charge in [-0.2, -0.15) is 0 Å². The van der Waals surface area contributed by atoms with Crippen molar-refractivity contribution in [2.45, 2.75) is 70.8 Å². The molecule has 4 rings (SSSR count). The maximum absolute atomic E-state index is 10.6. The molecule has 0 aromatic heterocycles. The molecule has 2 saturated carbocycles. The molecular weight excluding hydrogens is 272 g/mol. The number of phenols is 1. The van der Waals surface area contributed by atoms with Crippen LogP contribution in [0.5, 0.6) is 5.75 Å². The first kappa shape index (κ1) is 14.6. The molecule has 2 nitrogen and oxygen atoms in total. The summed E-state index contributed by atoms with van der Waals surface area (Å²) in [5.41, 5.74) is 3.30. The maximum atomic E-state index is 10.6. The van der Waals surface area contributed by atoms with E-state index in [-0.39, 0.29) is 22.3 Å². The summed E-state index contributed by atoms with van der Waals surface area (Å²) in [4.78, 5) is 0. The van der Waals surface area contributed by atoms with Gasteiger partial charge < -0.3 is 10.2 Å². The zero-order valence-corrected chi connectivity index (χ0v) is 14.0. The molecule has 2 fully saturated rings. The van der Waals surface area contributed by atoms with Gasteiger partial charge in [-0.1, -0.05) is 26.8 Å². The molecular formula is C20H28O2. The average Bonchev–Trinajstić information content (AvgIpc) is 2.78. The number of fused-ring (bicyclic) bond motifs is 5. The highest BCUT2D eigenvalue weighted by Gasteiger charge is 2.64. The third-order valence-corrected chi connectivity index (χ3v) is 8.08. The van der Waals surface area contributed by atoms with Crippen molar-refractivity contribution < 1.29 is 10.2 Å². The van der Waals surface area contributed by atoms with Crippen molar-refractivity contribution in [3.8, 4) is 5.75 Å². The SMILES string of the molecule is CC12CCC3(C)c4ccc(O)cc4CCC3(C)C1CCC2O. The van der Waals surface area contributed by atoms with Gasteiger partial charge in [-0.15, -0.1) is 0 Å². The van der Waals surface area contributed by atoms with Gasteiger partial charge in [0.2, 0.25) is 0 Å². The summed E-state index contributed by atoms with van der Waals surface area (Å²) in [5, 5.41) is 20.4. The van der Waals surface area contributed by atoms with Crippen LogP contribution in [0, 0.1) is 16.7 Å². The third kappa shape index (κ3) is 1.55. The van der Waals surface area contributed by atoms with Gasteiger partial charge in [0.15, 0.2) is 0 Å². The van der Waals surface area contributed by atoms with Crippen molar-refractivity contribution in [1.82, 2.24) is 0 Å². The van der Waals surface area contributed by atoms with Crippen LogP contribution in [-0.4, -0.2) is 16.3 Å². The van der Waals surface area contributed by atoms with Crippen LogP contribution in [0.1, 0.15) is 64.0 Å². The van der Waals surface area contributed by atoms with Crippen LogP contribution in [0.2, 0.25) is 0 Å². The normalized spacial score (nSPS) is 46.7. The van der Waals surface area contributed by atoms with Crippen LogP contribution in [0.3, 0.4) is 0 Å². The Labute approximate surface area is 133 Å². The van der Waals surface area contributed by atoms with Gasteiger partial charge in [-0.25, -0.2) is 0 Å². The Morgan fingerprint density at radius 1 is 1.05 bits per heavy atom. The van der Waals surface area contributed by atoms with Crippen molar-refractivity contribution in [2.24, 2.45) is 16.7 Å². The lowest BCUT2D eigenvalue weighted by Crippen LogP contribution is -2.58. The molecule has 2 N–H and O–H groups in total. The van der Waals surface area contributed by atoms with E-state index in [0.29, 0.717) is 11.7 Å². The van der Waals surface area contributed by atoms with E-state index >= 15 is 0 Å². The molecule has 120 valence electrons. The minimum atomic E-state index is -0.125. The molecule has 0 heterocycles. The Kier molecular flexibility index (Phi) is 2.84. The fraction of sp³-hybridized carbons (Fsp3) is 0.700. The number of benzene rings is 1. The smallest absolute Gasteiger partial charge is 0.115 e. The third-order valence-electron chi connectivity index (χ3n) is 8.08. The monoisotopic (exact) mass is 300 g/mol. The van der Waals surface area contributed by atoms with Crippen LogP contribution >= 0.6 is 0 Å². The molecule has 0 saturated heterocycles. The van der Waals surface area contributed by atoms with E-state index in [0.717, 1.165) is 32.1 Å². The van der Waals surface area contributed by atoms with Crippen LogP contribution in [0.25, 0.3) is 0 Å². The summed E-state index contributed by atoms with van der Waals surface area (Å²) in [6.07, 6.45) is 6.49.